The lowest BCUT2D eigenvalue weighted by molar-refractivity contribution is 1.12. The molecule has 0 amide bonds. The predicted molar refractivity (Wildman–Crippen MR) is 76.7 cm³/mol. The molecule has 0 saturated carbocycles. The third-order valence-corrected chi connectivity index (χ3v) is 3.66. The van der Waals surface area contributed by atoms with Gasteiger partial charge in [0.2, 0.25) is 0 Å². The zero-order chi connectivity index (χ0) is 11.9. The van der Waals surface area contributed by atoms with E-state index in [1.807, 2.05) is 12.3 Å². The molecule has 1 heteroatoms. The van der Waals surface area contributed by atoms with Gasteiger partial charge in [0.1, 0.15) is 0 Å². The zero-order valence-corrected chi connectivity index (χ0v) is 10.1. The summed E-state index contributed by atoms with van der Waals surface area (Å²) in [6, 6.07) is 13.1. The molecule has 0 saturated heterocycles. The number of hydrogen-bond acceptors (Lipinski definition) is 1. The van der Waals surface area contributed by atoms with Gasteiger partial charge in [-0.3, -0.25) is 4.98 Å². The average Bonchev–Trinajstić information content (AvgIpc) is 2.42. The van der Waals surface area contributed by atoms with Crippen LogP contribution < -0.4 is 10.4 Å². The first kappa shape index (κ1) is 9.84. The van der Waals surface area contributed by atoms with Gasteiger partial charge in [-0.1, -0.05) is 18.2 Å². The maximum atomic E-state index is 4.43. The molecule has 0 atom stereocenters. The molecule has 3 aromatic rings. The van der Waals surface area contributed by atoms with Gasteiger partial charge < -0.3 is 0 Å². The normalized spacial score (nSPS) is 14.0. The van der Waals surface area contributed by atoms with Crippen molar-refractivity contribution in [3.63, 3.8) is 0 Å². The highest BCUT2D eigenvalue weighted by molar-refractivity contribution is 5.96. The van der Waals surface area contributed by atoms with Crippen molar-refractivity contribution >= 4 is 33.8 Å². The first-order chi connectivity index (χ1) is 8.90. The van der Waals surface area contributed by atoms with Gasteiger partial charge in [0, 0.05) is 11.6 Å². The van der Waals surface area contributed by atoms with Crippen molar-refractivity contribution in [2.45, 2.75) is 12.8 Å². The van der Waals surface area contributed by atoms with Gasteiger partial charge in [0.15, 0.2) is 0 Å². The van der Waals surface area contributed by atoms with Crippen LogP contribution in [0.2, 0.25) is 0 Å². The zero-order valence-electron chi connectivity index (χ0n) is 10.1. The fourth-order valence-corrected chi connectivity index (χ4v) is 2.74. The summed E-state index contributed by atoms with van der Waals surface area (Å²) < 4.78 is 0. The number of hydrogen-bond donors (Lipinski definition) is 0. The molecule has 0 fully saturated rings. The molecule has 1 aliphatic rings. The van der Waals surface area contributed by atoms with Gasteiger partial charge in [-0.15, -0.1) is 0 Å². The van der Waals surface area contributed by atoms with Crippen molar-refractivity contribution in [3.05, 3.63) is 53.0 Å². The number of fused-ring (bicyclic) bond motifs is 3. The van der Waals surface area contributed by atoms with Crippen molar-refractivity contribution in [1.82, 2.24) is 4.98 Å². The SMILES string of the molecule is C1=c2cc3cc4cccnc4cc3cc2=CCC1. The van der Waals surface area contributed by atoms with Crippen molar-refractivity contribution in [3.8, 4) is 0 Å². The smallest absolute Gasteiger partial charge is 0.0708 e. The third-order valence-electron chi connectivity index (χ3n) is 3.66. The van der Waals surface area contributed by atoms with E-state index in [9.17, 15) is 0 Å². The Labute approximate surface area is 105 Å². The highest BCUT2D eigenvalue weighted by Gasteiger charge is 2.01. The van der Waals surface area contributed by atoms with Crippen LogP contribution in [0.5, 0.6) is 0 Å². The Morgan fingerprint density at radius 2 is 1.50 bits per heavy atom. The Balaban J connectivity index is 2.19. The van der Waals surface area contributed by atoms with E-state index >= 15 is 0 Å². The summed E-state index contributed by atoms with van der Waals surface area (Å²) in [5.74, 6) is 0. The number of benzene rings is 2. The first-order valence-electron chi connectivity index (χ1n) is 6.39. The van der Waals surface area contributed by atoms with E-state index in [-0.39, 0.29) is 0 Å². The second-order valence-corrected chi connectivity index (χ2v) is 4.86. The largest absolute Gasteiger partial charge is 0.256 e. The highest BCUT2D eigenvalue weighted by Crippen LogP contribution is 2.19. The number of nitrogens with zero attached hydrogens (tertiary/aromatic N) is 1. The molecular formula is C17H13N. The van der Waals surface area contributed by atoms with Crippen LogP contribution in [0, 0.1) is 0 Å². The molecule has 86 valence electrons. The van der Waals surface area contributed by atoms with Crippen molar-refractivity contribution < 1.29 is 0 Å². The lowest BCUT2D eigenvalue weighted by Gasteiger charge is -2.05. The van der Waals surface area contributed by atoms with Crippen LogP contribution in [0.25, 0.3) is 33.8 Å². The third kappa shape index (κ3) is 1.44. The quantitative estimate of drug-likeness (QED) is 0.542. The molecule has 1 aromatic heterocycles. The van der Waals surface area contributed by atoms with Crippen LogP contribution in [0.4, 0.5) is 0 Å². The molecule has 1 heterocycles. The molecule has 0 radical (unpaired) electrons. The van der Waals surface area contributed by atoms with Gasteiger partial charge in [-0.05, 0) is 64.4 Å². The molecule has 18 heavy (non-hydrogen) atoms. The number of pyridine rings is 1. The van der Waals surface area contributed by atoms with E-state index in [0.29, 0.717) is 0 Å². The van der Waals surface area contributed by atoms with E-state index in [1.165, 1.54) is 26.6 Å². The van der Waals surface area contributed by atoms with Gasteiger partial charge in [0.25, 0.3) is 0 Å². The molecule has 1 aliphatic carbocycles. The summed E-state index contributed by atoms with van der Waals surface area (Å²) in [5.41, 5.74) is 1.07. The van der Waals surface area contributed by atoms with Crippen LogP contribution in [-0.4, -0.2) is 4.98 Å². The Morgan fingerprint density at radius 1 is 0.778 bits per heavy atom. The summed E-state index contributed by atoms with van der Waals surface area (Å²) in [6.45, 7) is 0. The van der Waals surface area contributed by atoms with E-state index in [4.69, 9.17) is 0 Å². The monoisotopic (exact) mass is 231 g/mol. The first-order valence-corrected chi connectivity index (χ1v) is 6.39. The molecule has 2 aromatic carbocycles. The predicted octanol–water partition coefficient (Wildman–Crippen LogP) is 2.74. The Kier molecular flexibility index (Phi) is 2.01. The molecule has 1 nitrogen and oxygen atoms in total. The molecule has 0 aliphatic heterocycles. The number of aromatic nitrogens is 1. The minimum absolute atomic E-state index is 1.07. The van der Waals surface area contributed by atoms with Crippen LogP contribution in [0.15, 0.2) is 42.6 Å². The number of rotatable bonds is 0. The summed E-state index contributed by atoms with van der Waals surface area (Å²) in [4.78, 5) is 4.43. The molecule has 0 N–H and O–H groups in total. The lowest BCUT2D eigenvalue weighted by atomic mass is 10.0. The van der Waals surface area contributed by atoms with Gasteiger partial charge in [-0.25, -0.2) is 0 Å². The fourth-order valence-electron chi connectivity index (χ4n) is 2.74. The molecule has 0 spiro atoms. The fraction of sp³-hybridized carbons (Fsp3) is 0.118. The minimum Gasteiger partial charge on any atom is -0.256 e. The van der Waals surface area contributed by atoms with Crippen molar-refractivity contribution in [2.24, 2.45) is 0 Å². The average molecular weight is 231 g/mol. The summed E-state index contributed by atoms with van der Waals surface area (Å²) in [7, 11) is 0. The van der Waals surface area contributed by atoms with Gasteiger partial charge in [-0.2, -0.15) is 0 Å². The Bertz CT molecular complexity index is 801. The van der Waals surface area contributed by atoms with Crippen molar-refractivity contribution in [2.75, 3.05) is 0 Å². The maximum Gasteiger partial charge on any atom is 0.0708 e. The lowest BCUT2D eigenvalue weighted by Crippen LogP contribution is -2.26. The van der Waals surface area contributed by atoms with Crippen LogP contribution in [0.1, 0.15) is 12.8 Å². The van der Waals surface area contributed by atoms with Crippen LogP contribution in [0.3, 0.4) is 0 Å². The molecule has 4 rings (SSSR count). The van der Waals surface area contributed by atoms with E-state index in [2.05, 4.69) is 47.5 Å². The van der Waals surface area contributed by atoms with E-state index < -0.39 is 0 Å². The summed E-state index contributed by atoms with van der Waals surface area (Å²) >= 11 is 0. The van der Waals surface area contributed by atoms with E-state index in [1.54, 1.807) is 0 Å². The maximum absolute atomic E-state index is 4.43. The van der Waals surface area contributed by atoms with Crippen LogP contribution in [-0.2, 0) is 0 Å². The summed E-state index contributed by atoms with van der Waals surface area (Å²) in [5, 5.41) is 6.54. The Hall–Kier alpha value is -2.15. The topological polar surface area (TPSA) is 12.9 Å². The molecule has 0 unspecified atom stereocenters. The minimum atomic E-state index is 1.07. The van der Waals surface area contributed by atoms with E-state index in [0.717, 1.165) is 18.4 Å². The molecule has 0 bridgehead atoms. The Morgan fingerprint density at radius 3 is 2.28 bits per heavy atom. The standard InChI is InChI=1S/C17H13N/c1-2-5-13-9-16-11-17-14(6-3-7-18-17)10-15(16)8-12(13)4-1/h3-11H,1-2H2. The highest BCUT2D eigenvalue weighted by atomic mass is 14.6. The summed E-state index contributed by atoms with van der Waals surface area (Å²) in [6.07, 6.45) is 8.84. The second-order valence-electron chi connectivity index (χ2n) is 4.86. The van der Waals surface area contributed by atoms with Gasteiger partial charge >= 0.3 is 0 Å². The molecular weight excluding hydrogens is 218 g/mol. The van der Waals surface area contributed by atoms with Crippen molar-refractivity contribution in [1.29, 1.82) is 0 Å². The van der Waals surface area contributed by atoms with Crippen LogP contribution >= 0.6 is 0 Å². The second kappa shape index (κ2) is 3.67. The van der Waals surface area contributed by atoms with Gasteiger partial charge in [0.05, 0.1) is 5.52 Å².